The average molecular weight is 381 g/mol. The summed E-state index contributed by atoms with van der Waals surface area (Å²) in [5, 5.41) is 0. The van der Waals surface area contributed by atoms with Crippen LogP contribution in [-0.4, -0.2) is 39.8 Å². The number of aromatic nitrogens is 2. The summed E-state index contributed by atoms with van der Waals surface area (Å²) in [4.78, 5) is 8.19. The van der Waals surface area contributed by atoms with Crippen LogP contribution in [0.25, 0.3) is 0 Å². The molecule has 0 spiro atoms. The lowest BCUT2D eigenvalue weighted by Gasteiger charge is -2.28. The van der Waals surface area contributed by atoms with Crippen molar-refractivity contribution in [2.24, 2.45) is 0 Å². The highest BCUT2D eigenvalue weighted by Crippen LogP contribution is 2.22. The summed E-state index contributed by atoms with van der Waals surface area (Å²) >= 11 is 0. The Morgan fingerprint density at radius 2 is 1.84 bits per heavy atom. The fourth-order valence-electron chi connectivity index (χ4n) is 1.98. The van der Waals surface area contributed by atoms with Crippen molar-refractivity contribution in [3.05, 3.63) is 42.7 Å². The Morgan fingerprint density at radius 3 is 2.44 bits per heavy atom. The van der Waals surface area contributed by atoms with Gasteiger partial charge in [-0.05, 0) is 24.3 Å². The van der Waals surface area contributed by atoms with Crippen molar-refractivity contribution in [3.63, 3.8) is 0 Å². The first kappa shape index (κ1) is 19.4. The van der Waals surface area contributed by atoms with Gasteiger partial charge in [0.25, 0.3) is 10.0 Å². The van der Waals surface area contributed by atoms with Crippen molar-refractivity contribution in [3.8, 4) is 0 Å². The number of sulfonamides is 1. The Hall–Kier alpha value is -1.97. The maximum absolute atomic E-state index is 13.0. The number of ether oxygens (including phenoxy) is 1. The second kappa shape index (κ2) is 7.94. The van der Waals surface area contributed by atoms with Crippen LogP contribution < -0.4 is 10.0 Å². The lowest BCUT2D eigenvalue weighted by molar-refractivity contribution is 0.155. The summed E-state index contributed by atoms with van der Waals surface area (Å²) in [6, 6.07) is 8.69. The minimum Gasteiger partial charge on any atom is -0.399 e. The van der Waals surface area contributed by atoms with Gasteiger partial charge in [-0.2, -0.15) is 19.6 Å². The lowest BCUT2D eigenvalue weighted by Crippen LogP contribution is -2.35. The van der Waals surface area contributed by atoms with Crippen LogP contribution in [-0.2, 0) is 14.8 Å². The van der Waals surface area contributed by atoms with E-state index in [-0.39, 0.29) is 17.6 Å². The standard InChI is InChI=1S/C16H24N4O3SSi/c1-25(2,3)11-10-23-13-20(16-18-8-5-9-19-16)24(21,22)15-7-4-6-14(17)12-15/h4-9,12H,10-11,13,17H2,1-3H3/q-1. The van der Waals surface area contributed by atoms with Gasteiger partial charge in [-0.25, -0.2) is 22.7 Å². The summed E-state index contributed by atoms with van der Waals surface area (Å²) < 4.78 is 32.7. The second-order valence-electron chi connectivity index (χ2n) is 6.82. The van der Waals surface area contributed by atoms with E-state index in [0.717, 1.165) is 10.3 Å². The number of anilines is 2. The highest BCUT2D eigenvalue weighted by molar-refractivity contribution is 7.92. The number of rotatable bonds is 8. The van der Waals surface area contributed by atoms with Crippen LogP contribution in [0.4, 0.5) is 11.6 Å². The zero-order valence-corrected chi connectivity index (χ0v) is 16.5. The smallest absolute Gasteiger partial charge is 0.268 e. The first-order valence-corrected chi connectivity index (χ1v) is 13.1. The fourth-order valence-corrected chi connectivity index (χ4v) is 4.05. The maximum atomic E-state index is 13.0. The van der Waals surface area contributed by atoms with Crippen molar-refractivity contribution in [2.75, 3.05) is 23.4 Å². The van der Waals surface area contributed by atoms with Gasteiger partial charge in [-0.3, -0.25) is 0 Å². The van der Waals surface area contributed by atoms with Crippen molar-refractivity contribution < 1.29 is 13.2 Å². The molecule has 0 aliphatic carbocycles. The van der Waals surface area contributed by atoms with Gasteiger partial charge in [0.2, 0.25) is 5.95 Å². The van der Waals surface area contributed by atoms with Gasteiger partial charge in [-0.15, -0.1) is 14.1 Å². The Balaban J connectivity index is 2.25. The molecule has 25 heavy (non-hydrogen) atoms. The van der Waals surface area contributed by atoms with Gasteiger partial charge in [0, 0.05) is 24.7 Å². The van der Waals surface area contributed by atoms with Gasteiger partial charge in [0.05, 0.1) is 4.90 Å². The van der Waals surface area contributed by atoms with Gasteiger partial charge in [-0.1, -0.05) is 6.07 Å². The Morgan fingerprint density at radius 1 is 1.16 bits per heavy atom. The monoisotopic (exact) mass is 380 g/mol. The molecule has 2 aromatic rings. The SMILES string of the molecule is C[Si-](C)(C)CCOCN(c1ncccn1)S(=O)(=O)c1cccc(N)c1. The number of benzene rings is 1. The van der Waals surface area contributed by atoms with Crippen molar-refractivity contribution >= 4 is 29.7 Å². The van der Waals surface area contributed by atoms with E-state index in [2.05, 4.69) is 29.6 Å². The quantitative estimate of drug-likeness (QED) is 0.327. The van der Waals surface area contributed by atoms with Crippen LogP contribution in [0.15, 0.2) is 47.6 Å². The Kier molecular flexibility index (Phi) is 6.14. The van der Waals surface area contributed by atoms with Crippen LogP contribution in [0, 0.1) is 0 Å². The first-order valence-electron chi connectivity index (χ1n) is 7.93. The number of hydrogen-bond acceptors (Lipinski definition) is 6. The molecule has 137 valence electrons. The highest BCUT2D eigenvalue weighted by atomic mass is 32.2. The molecule has 0 radical (unpaired) electrons. The molecule has 0 atom stereocenters. The van der Waals surface area contributed by atoms with E-state index in [9.17, 15) is 8.42 Å². The molecule has 2 N–H and O–H groups in total. The molecule has 1 aromatic carbocycles. The van der Waals surface area contributed by atoms with Crippen molar-refractivity contribution in [2.45, 2.75) is 30.6 Å². The molecule has 0 saturated carbocycles. The molecule has 9 heteroatoms. The molecule has 7 nitrogen and oxygen atoms in total. The van der Waals surface area contributed by atoms with E-state index in [1.54, 1.807) is 18.2 Å². The molecule has 0 aliphatic rings. The normalized spacial score (nSPS) is 12.1. The summed E-state index contributed by atoms with van der Waals surface area (Å²) in [5.74, 6) is 0.0675. The maximum Gasteiger partial charge on any atom is 0.268 e. The second-order valence-corrected chi connectivity index (χ2v) is 14.3. The van der Waals surface area contributed by atoms with Gasteiger partial charge in [0.1, 0.15) is 6.73 Å². The van der Waals surface area contributed by atoms with Gasteiger partial charge >= 0.3 is 0 Å². The molecule has 0 unspecified atom stereocenters. The number of hydrogen-bond donors (Lipinski definition) is 1. The third-order valence-electron chi connectivity index (χ3n) is 3.43. The lowest BCUT2D eigenvalue weighted by atomic mass is 10.3. The average Bonchev–Trinajstić information content (AvgIpc) is 2.54. The van der Waals surface area contributed by atoms with Crippen molar-refractivity contribution in [1.29, 1.82) is 0 Å². The Bertz CT molecular complexity index is 795. The van der Waals surface area contributed by atoms with Crippen molar-refractivity contribution in [1.82, 2.24) is 9.97 Å². The summed E-state index contributed by atoms with van der Waals surface area (Å²) in [5.41, 5.74) is 6.09. The Labute approximate surface area is 149 Å². The molecule has 0 fully saturated rings. The minimum absolute atomic E-state index is 0.0675. The predicted octanol–water partition coefficient (Wildman–Crippen LogP) is 2.57. The minimum atomic E-state index is -3.88. The molecular weight excluding hydrogens is 356 g/mol. The van der Waals surface area contributed by atoms with E-state index in [1.165, 1.54) is 24.5 Å². The van der Waals surface area contributed by atoms with Gasteiger partial charge < -0.3 is 10.5 Å². The van der Waals surface area contributed by atoms with E-state index in [0.29, 0.717) is 12.3 Å². The first-order chi connectivity index (χ1) is 11.7. The fraction of sp³-hybridized carbons (Fsp3) is 0.375. The van der Waals surface area contributed by atoms with Crippen LogP contribution in [0.2, 0.25) is 25.7 Å². The molecule has 1 aromatic heterocycles. The number of nitrogen functional groups attached to an aromatic ring is 1. The zero-order chi connectivity index (χ0) is 18.5. The van der Waals surface area contributed by atoms with E-state index < -0.39 is 18.1 Å². The summed E-state index contributed by atoms with van der Waals surface area (Å²) in [6.07, 6.45) is 2.98. The molecule has 0 amide bonds. The van der Waals surface area contributed by atoms with Crippen LogP contribution in [0.3, 0.4) is 0 Å². The highest BCUT2D eigenvalue weighted by Gasteiger charge is 2.27. The third kappa shape index (κ3) is 5.51. The largest absolute Gasteiger partial charge is 0.399 e. The topological polar surface area (TPSA) is 98.4 Å². The van der Waals surface area contributed by atoms with E-state index in [4.69, 9.17) is 10.5 Å². The molecule has 0 bridgehead atoms. The van der Waals surface area contributed by atoms with E-state index in [1.807, 2.05) is 0 Å². The van der Waals surface area contributed by atoms with Crippen LogP contribution in [0.5, 0.6) is 0 Å². The molecule has 2 rings (SSSR count). The number of nitrogens with two attached hydrogens (primary N) is 1. The predicted molar refractivity (Wildman–Crippen MR) is 102 cm³/mol. The molecule has 0 aliphatic heterocycles. The number of nitrogens with zero attached hydrogens (tertiary/aromatic N) is 3. The molecule has 1 heterocycles. The zero-order valence-electron chi connectivity index (χ0n) is 14.7. The van der Waals surface area contributed by atoms with Crippen LogP contribution in [0.1, 0.15) is 0 Å². The van der Waals surface area contributed by atoms with Gasteiger partial charge in [0.15, 0.2) is 0 Å². The van der Waals surface area contributed by atoms with E-state index >= 15 is 0 Å². The van der Waals surface area contributed by atoms with Crippen LogP contribution >= 0.6 is 0 Å². The molecular formula is C16H24N4O3SSi-. The summed E-state index contributed by atoms with van der Waals surface area (Å²) in [7, 11) is -5.14. The third-order valence-corrected chi connectivity index (χ3v) is 6.83. The summed E-state index contributed by atoms with van der Waals surface area (Å²) in [6.45, 7) is 7.05. The molecule has 0 saturated heterocycles.